The fourth-order valence-corrected chi connectivity index (χ4v) is 8.42. The lowest BCUT2D eigenvalue weighted by Crippen LogP contribution is -2.62. The Hall–Kier alpha value is -3.85. The molecule has 6 aliphatic rings. The summed E-state index contributed by atoms with van der Waals surface area (Å²) in [5.41, 5.74) is 1.98. The summed E-state index contributed by atoms with van der Waals surface area (Å²) in [5.74, 6) is -1.00. The molecule has 262 valence electrons. The molecule has 16 heteroatoms. The Morgan fingerprint density at radius 1 is 1.12 bits per heavy atom. The van der Waals surface area contributed by atoms with Crippen molar-refractivity contribution in [3.63, 3.8) is 0 Å². The topological polar surface area (TPSA) is 125 Å². The lowest BCUT2D eigenvalue weighted by atomic mass is 9.71. The van der Waals surface area contributed by atoms with Crippen molar-refractivity contribution in [3.05, 3.63) is 28.5 Å². The number of nitrogens with two attached hydrogens (primary N) is 1. The quantitative estimate of drug-likeness (QED) is 0.241. The molecule has 2 N–H and O–H groups in total. The van der Waals surface area contributed by atoms with Gasteiger partial charge < -0.3 is 29.6 Å². The van der Waals surface area contributed by atoms with Gasteiger partial charge in [-0.25, -0.2) is 14.2 Å². The van der Waals surface area contributed by atoms with Gasteiger partial charge in [0.1, 0.15) is 28.0 Å². The van der Waals surface area contributed by atoms with Crippen molar-refractivity contribution in [1.29, 1.82) is 0 Å². The molecule has 3 aromatic rings. The summed E-state index contributed by atoms with van der Waals surface area (Å²) >= 11 is 6.04. The first-order valence-electron chi connectivity index (χ1n) is 16.3. The molecule has 5 aliphatic heterocycles. The van der Waals surface area contributed by atoms with Crippen LogP contribution in [0.1, 0.15) is 58.4 Å². The van der Waals surface area contributed by atoms with E-state index in [1.165, 1.54) is 0 Å². The van der Waals surface area contributed by atoms with Gasteiger partial charge in [0.15, 0.2) is 5.82 Å². The van der Waals surface area contributed by atoms with Crippen molar-refractivity contribution in [2.45, 2.75) is 88.9 Å². The molecule has 0 unspecified atom stereocenters. The third-order valence-corrected chi connectivity index (χ3v) is 10.4. The highest BCUT2D eigenvalue weighted by molar-refractivity contribution is 6.32. The molecule has 49 heavy (non-hydrogen) atoms. The molecular weight excluding hydrogens is 672 g/mol. The lowest BCUT2D eigenvalue weighted by molar-refractivity contribution is -0.137. The Morgan fingerprint density at radius 2 is 1.90 bits per heavy atom. The van der Waals surface area contributed by atoms with E-state index in [9.17, 15) is 18.0 Å². The number of carbonyl (C=O) groups is 1. The fourth-order valence-electron chi connectivity index (χ4n) is 8.08. The Balaban J connectivity index is 1.28. The molecule has 2 aromatic heterocycles. The van der Waals surface area contributed by atoms with Crippen LogP contribution in [0.4, 0.5) is 33.9 Å². The van der Waals surface area contributed by atoms with E-state index < -0.39 is 45.5 Å². The number of amides is 1. The van der Waals surface area contributed by atoms with Crippen LogP contribution in [0.5, 0.6) is 11.9 Å². The van der Waals surface area contributed by atoms with Gasteiger partial charge in [0.25, 0.3) is 0 Å². The van der Waals surface area contributed by atoms with E-state index in [0.29, 0.717) is 32.4 Å². The average molecular weight is 707 g/mol. The molecule has 0 radical (unpaired) electrons. The number of piperazine rings is 1. The van der Waals surface area contributed by atoms with Crippen LogP contribution in [0.3, 0.4) is 0 Å². The van der Waals surface area contributed by atoms with E-state index >= 15 is 4.39 Å². The van der Waals surface area contributed by atoms with Crippen LogP contribution in [0, 0.1) is 11.2 Å². The number of hydrogen-bond donors (Lipinski definition) is 1. The number of hydrogen-bond acceptors (Lipinski definition) is 10. The van der Waals surface area contributed by atoms with E-state index in [-0.39, 0.29) is 77.2 Å². The lowest BCUT2D eigenvalue weighted by Gasteiger charge is -2.48. The minimum absolute atomic E-state index is 0.0723. The summed E-state index contributed by atoms with van der Waals surface area (Å²) in [6, 6.07) is 1.02. The van der Waals surface area contributed by atoms with Crippen molar-refractivity contribution in [3.8, 4) is 23.1 Å². The average Bonchev–Trinajstić information content (AvgIpc) is 3.67. The first kappa shape index (κ1) is 32.4. The van der Waals surface area contributed by atoms with E-state index in [1.54, 1.807) is 4.90 Å². The first-order valence-corrected chi connectivity index (χ1v) is 16.7. The number of fused-ring (bicyclic) bond motifs is 6. The number of ether oxygens (including phenoxy) is 4. The minimum atomic E-state index is -4.95. The summed E-state index contributed by atoms with van der Waals surface area (Å²) in [6.45, 7) is 6.60. The highest BCUT2D eigenvalue weighted by Gasteiger charge is 2.53. The number of pyridine rings is 1. The van der Waals surface area contributed by atoms with Gasteiger partial charge in [-0.3, -0.25) is 4.90 Å². The second-order valence-electron chi connectivity index (χ2n) is 14.7. The smallest absolute Gasteiger partial charge is 0.418 e. The van der Waals surface area contributed by atoms with E-state index in [2.05, 4.69) is 9.97 Å². The number of carbonyl (C=O) groups excluding carboxylic acids is 1. The second-order valence-corrected chi connectivity index (χ2v) is 15.1. The fraction of sp³-hybridized carbons (Fsp3) is 0.576. The maximum Gasteiger partial charge on any atom is 0.418 e. The number of aromatic nitrogens is 3. The van der Waals surface area contributed by atoms with E-state index in [1.807, 2.05) is 25.7 Å². The minimum Gasteiger partial charge on any atom is -0.477 e. The van der Waals surface area contributed by atoms with Gasteiger partial charge >= 0.3 is 18.3 Å². The highest BCUT2D eigenvalue weighted by Crippen LogP contribution is 2.51. The summed E-state index contributed by atoms with van der Waals surface area (Å²) in [7, 11) is 0. The molecule has 1 amide bonds. The molecule has 5 fully saturated rings. The zero-order chi connectivity index (χ0) is 34.6. The third kappa shape index (κ3) is 5.43. The van der Waals surface area contributed by atoms with Crippen LogP contribution in [-0.2, 0) is 15.7 Å². The van der Waals surface area contributed by atoms with Crippen molar-refractivity contribution in [1.82, 2.24) is 19.9 Å². The van der Waals surface area contributed by atoms with Crippen LogP contribution in [0.25, 0.3) is 22.2 Å². The summed E-state index contributed by atoms with van der Waals surface area (Å²) < 4.78 is 83.6. The Labute approximate surface area is 284 Å². The van der Waals surface area contributed by atoms with Gasteiger partial charge in [-0.2, -0.15) is 23.1 Å². The molecule has 1 aromatic carbocycles. The van der Waals surface area contributed by atoms with Gasteiger partial charge in [0.2, 0.25) is 5.88 Å². The molecule has 3 atom stereocenters. The molecule has 11 nitrogen and oxygen atoms in total. The summed E-state index contributed by atoms with van der Waals surface area (Å²) in [4.78, 5) is 30.8. The summed E-state index contributed by atoms with van der Waals surface area (Å²) in [5, 5.41) is -0.601. The van der Waals surface area contributed by atoms with Gasteiger partial charge in [0.05, 0.1) is 54.6 Å². The number of nitrogen functional groups attached to an aromatic ring is 1. The zero-order valence-corrected chi connectivity index (χ0v) is 27.8. The van der Waals surface area contributed by atoms with Crippen LogP contribution < -0.4 is 20.1 Å². The number of rotatable bonds is 4. The van der Waals surface area contributed by atoms with Crippen LogP contribution in [0.2, 0.25) is 5.02 Å². The molecule has 9 rings (SSSR count). The maximum absolute atomic E-state index is 16.8. The molecule has 4 saturated heterocycles. The number of anilines is 2. The molecule has 1 saturated carbocycles. The largest absolute Gasteiger partial charge is 0.477 e. The van der Waals surface area contributed by atoms with Gasteiger partial charge in [-0.05, 0) is 58.6 Å². The Bertz CT molecular complexity index is 1860. The third-order valence-electron chi connectivity index (χ3n) is 10.1. The van der Waals surface area contributed by atoms with Crippen molar-refractivity contribution in [2.24, 2.45) is 5.41 Å². The number of alkyl halides is 3. The number of benzene rings is 1. The molecular formula is C33H35ClF4N6O5. The Kier molecular flexibility index (Phi) is 7.31. The van der Waals surface area contributed by atoms with Gasteiger partial charge in [-0.1, -0.05) is 11.6 Å². The zero-order valence-electron chi connectivity index (χ0n) is 27.1. The SMILES string of the molecule is CC(C)(C)OC(=O)N1[C@@H]2CC[C@H]1[C@H]1CCOc3nc(-c4cc(N)cc(Cl)c4C(F)(F)F)c(F)c4nc(OCC56COC(C5)C6)nc(c34)N1C2. The molecule has 7 heterocycles. The van der Waals surface area contributed by atoms with Crippen LogP contribution in [0.15, 0.2) is 12.1 Å². The predicted octanol–water partition coefficient (Wildman–Crippen LogP) is 6.38. The van der Waals surface area contributed by atoms with E-state index in [0.717, 1.165) is 25.0 Å². The molecule has 0 spiro atoms. The number of nitrogens with zero attached hydrogens (tertiary/aromatic N) is 5. The van der Waals surface area contributed by atoms with Gasteiger partial charge in [0, 0.05) is 29.6 Å². The predicted molar refractivity (Wildman–Crippen MR) is 170 cm³/mol. The molecule has 1 aliphatic carbocycles. The number of halogens is 5. The first-order chi connectivity index (χ1) is 23.1. The second kappa shape index (κ2) is 11.1. The van der Waals surface area contributed by atoms with Crippen molar-refractivity contribution in [2.75, 3.05) is 37.0 Å². The van der Waals surface area contributed by atoms with Crippen molar-refractivity contribution >= 4 is 40.1 Å². The summed E-state index contributed by atoms with van der Waals surface area (Å²) in [6.07, 6.45) is -1.70. The van der Waals surface area contributed by atoms with Crippen LogP contribution in [-0.4, -0.2) is 82.1 Å². The van der Waals surface area contributed by atoms with Crippen LogP contribution >= 0.6 is 11.6 Å². The highest BCUT2D eigenvalue weighted by atomic mass is 35.5. The maximum atomic E-state index is 16.8. The standard InChI is InChI=1S/C33H35ClF4N6O5/c1-31(2,3)49-30(45)44-16-4-5-21(44)20-6-7-46-28-22-26(24(35)25(40-28)18-8-15(39)9-19(34)23(18)33(36,37)38)41-29(42-27(22)43(20)12-16)48-14-32-10-17(11-32)47-13-32/h8-9,16-17,20-21H,4-7,10-14,39H2,1-3H3/t16-,17?,20-,21+,32?/m1/s1. The molecule has 4 bridgehead atoms. The van der Waals surface area contributed by atoms with Crippen molar-refractivity contribution < 1.29 is 41.3 Å². The van der Waals surface area contributed by atoms with Gasteiger partial charge in [-0.15, -0.1) is 0 Å². The normalized spacial score (nSPS) is 27.3. The Morgan fingerprint density at radius 3 is 2.59 bits per heavy atom. The monoisotopic (exact) mass is 706 g/mol. The van der Waals surface area contributed by atoms with E-state index in [4.69, 9.17) is 41.3 Å².